The van der Waals surface area contributed by atoms with Gasteiger partial charge in [-0.05, 0) is 72.2 Å². The number of rotatable bonds is 12. The summed E-state index contributed by atoms with van der Waals surface area (Å²) in [5.41, 5.74) is -9.03. The van der Waals surface area contributed by atoms with Gasteiger partial charge in [-0.25, -0.2) is 8.78 Å². The maximum Gasteiger partial charge on any atom is 0.416 e. The van der Waals surface area contributed by atoms with Crippen molar-refractivity contribution in [1.29, 1.82) is 0 Å². The van der Waals surface area contributed by atoms with Crippen LogP contribution >= 0.6 is 11.8 Å². The van der Waals surface area contributed by atoms with Crippen LogP contribution in [0.15, 0.2) is 101 Å². The normalized spacial score (nSPS) is 25.7. The number of ether oxygens (including phenoxy) is 1. The number of likely N-dealkylation sites (tertiary alicyclic amines) is 1. The Bertz CT molecular complexity index is 3110. The molecular weight excluding hydrogens is 710 g/mol. The second-order valence-electron chi connectivity index (χ2n) is 11.0. The molecular formula is C41H40F5N3O3S. The molecule has 0 bridgehead atoms. The third-order valence-corrected chi connectivity index (χ3v) is 8.28. The highest BCUT2D eigenvalue weighted by Gasteiger charge is 2.31. The van der Waals surface area contributed by atoms with E-state index in [4.69, 9.17) is 20.6 Å². The number of piperidine rings is 1. The Balaban J connectivity index is 1.68. The fourth-order valence-electron chi connectivity index (χ4n) is 4.85. The van der Waals surface area contributed by atoms with Crippen LogP contribution in [0.3, 0.4) is 0 Å². The molecule has 53 heavy (non-hydrogen) atoms. The first-order valence-electron chi connectivity index (χ1n) is 26.2. The van der Waals surface area contributed by atoms with E-state index in [0.29, 0.717) is 22.8 Å². The number of thioether (sulfide) groups is 1. The largest absolute Gasteiger partial charge is 0.416 e. The number of alkyl halides is 3. The molecule has 1 aliphatic rings. The lowest BCUT2D eigenvalue weighted by atomic mass is 10.00. The minimum absolute atomic E-state index is 0.0496. The number of amides is 1. The number of carbonyl (C=O) groups excluding carboxylic acids is 1. The van der Waals surface area contributed by atoms with Crippen molar-refractivity contribution in [3.63, 3.8) is 0 Å². The third-order valence-electron chi connectivity index (χ3n) is 7.44. The van der Waals surface area contributed by atoms with Crippen LogP contribution in [0.4, 0.5) is 22.0 Å². The van der Waals surface area contributed by atoms with E-state index < -0.39 is 172 Å². The summed E-state index contributed by atoms with van der Waals surface area (Å²) in [5.74, 6) is -5.52. The molecule has 1 fully saturated rings. The molecule has 4 aromatic carbocycles. The van der Waals surface area contributed by atoms with Crippen molar-refractivity contribution in [3.05, 3.63) is 135 Å². The number of hydrogen-bond acceptors (Lipinski definition) is 5. The number of methoxy groups -OCH3 is 1. The second-order valence-corrected chi connectivity index (χ2v) is 11.8. The van der Waals surface area contributed by atoms with Gasteiger partial charge in [0.1, 0.15) is 6.54 Å². The van der Waals surface area contributed by atoms with Gasteiger partial charge >= 0.3 is 6.18 Å². The molecule has 0 aliphatic carbocycles. The summed E-state index contributed by atoms with van der Waals surface area (Å²) >= 11 is -0.294. The number of hydrogen-bond donors (Lipinski definition) is 0. The van der Waals surface area contributed by atoms with Crippen LogP contribution in [0, 0.1) is 18.6 Å². The lowest BCUT2D eigenvalue weighted by molar-refractivity contribution is -0.137. The quantitative estimate of drug-likeness (QED) is 0.0939. The Kier molecular flexibility index (Phi) is 6.03. The van der Waals surface area contributed by atoms with Crippen molar-refractivity contribution in [1.82, 2.24) is 14.4 Å². The Hall–Kier alpha value is -4.52. The molecule has 0 unspecified atom stereocenters. The lowest BCUT2D eigenvalue weighted by Crippen LogP contribution is -2.48. The number of halogens is 5. The monoisotopic (exact) mass is 771 g/mol. The zero-order chi connectivity index (χ0) is 57.2. The van der Waals surface area contributed by atoms with Gasteiger partial charge in [0, 0.05) is 75.5 Å². The fraction of sp³-hybridized carbons (Fsp3) is 0.317. The zero-order valence-electron chi connectivity index (χ0n) is 49.1. The summed E-state index contributed by atoms with van der Waals surface area (Å²) in [6, 6.07) is 0.658. The average Bonchev–Trinajstić information content (AvgIpc) is 3.28. The lowest BCUT2D eigenvalue weighted by Gasteiger charge is -2.39. The molecule has 0 saturated carbocycles. The summed E-state index contributed by atoms with van der Waals surface area (Å²) in [6.45, 7) is -19.1. The molecule has 6 rings (SSSR count). The highest BCUT2D eigenvalue weighted by atomic mass is 32.2. The number of benzene rings is 4. The van der Waals surface area contributed by atoms with E-state index in [9.17, 15) is 32.0 Å². The minimum atomic E-state index is -4.75. The Morgan fingerprint density at radius 2 is 1.75 bits per heavy atom. The molecule has 1 amide bonds. The molecule has 5 aromatic rings. The van der Waals surface area contributed by atoms with Crippen LogP contribution in [-0.4, -0.2) is 59.4 Å². The molecule has 1 aliphatic heterocycles. The molecule has 12 heteroatoms. The topological polar surface area (TPSA) is 54.8 Å². The molecule has 0 atom stereocenters. The molecule has 0 spiro atoms. The van der Waals surface area contributed by atoms with Gasteiger partial charge in [-0.2, -0.15) is 13.2 Å². The molecule has 1 saturated heterocycles. The van der Waals surface area contributed by atoms with E-state index in [1.54, 1.807) is 0 Å². The zero-order valence-corrected chi connectivity index (χ0v) is 27.9. The van der Waals surface area contributed by atoms with E-state index >= 15 is 9.18 Å². The number of fused-ring (bicyclic) bond motifs is 1. The average molecular weight is 772 g/mol. The van der Waals surface area contributed by atoms with E-state index in [1.165, 1.54) is 0 Å². The molecule has 0 N–H and O–H groups in total. The number of carbonyl (C=O) groups is 1. The maximum absolute atomic E-state index is 15.6. The molecule has 2 heterocycles. The van der Waals surface area contributed by atoms with Crippen LogP contribution < -0.4 is 5.43 Å². The van der Waals surface area contributed by atoms with Crippen LogP contribution in [0.5, 0.6) is 0 Å². The van der Waals surface area contributed by atoms with E-state index in [2.05, 4.69) is 4.74 Å². The van der Waals surface area contributed by atoms with Crippen molar-refractivity contribution >= 4 is 28.6 Å². The summed E-state index contributed by atoms with van der Waals surface area (Å²) in [5, 5.41) is -2.10. The molecule has 0 radical (unpaired) electrons. The van der Waals surface area contributed by atoms with Crippen LogP contribution in [0.25, 0.3) is 22.0 Å². The Morgan fingerprint density at radius 3 is 2.43 bits per heavy atom. The maximum atomic E-state index is 15.6. The number of pyridine rings is 1. The van der Waals surface area contributed by atoms with Crippen molar-refractivity contribution in [2.75, 3.05) is 33.1 Å². The predicted molar refractivity (Wildman–Crippen MR) is 198 cm³/mol. The van der Waals surface area contributed by atoms with Gasteiger partial charge in [0.15, 0.2) is 17.1 Å². The van der Waals surface area contributed by atoms with Crippen LogP contribution in [-0.2, 0) is 34.5 Å². The van der Waals surface area contributed by atoms with Gasteiger partial charge in [-0.15, -0.1) is 11.8 Å². The first-order valence-corrected chi connectivity index (χ1v) is 16.0. The van der Waals surface area contributed by atoms with Crippen molar-refractivity contribution < 1.29 is 61.6 Å². The van der Waals surface area contributed by atoms with Gasteiger partial charge in [0.25, 0.3) is 0 Å². The standard InChI is InChI=1S/C41H40F5N3O3S/c1-27-6-15-34-36(22-27)49(39(23-37(34)50)53-26-31-4-3-5-35(42)40(31)43)25-38(51)48(33-16-18-47(19-17-33)20-21-52-2)24-28-7-9-29(10-8-28)30-11-13-32(14-12-30)41(44,45)46/h3-15,22-23,33H,16-21,24-26H2,1-2H3/i2D3,6D,15D,16D2,17D2,18D2,19D2,21D2,22D,23D,24D2,26D2,33D. The SMILES string of the molecule is [2H]c1c(C)c([2H])c2c(c1[2H])c(=O)c([2H])c(SC([2H])([2H])c1cccc(F)c1F)n2CC(=O)N(C([2H])([2H])c1ccc(-c2ccc(C(F)(F)F)cc2)cc1)C1([2H])C([2H])([2H])C([2H])([2H])N(CC([2H])([2H])OC([2H])([2H])[2H])C([2H])([2H])C1([2H])[2H]. The first kappa shape index (κ1) is 19.2. The smallest absolute Gasteiger partial charge is 0.383 e. The second kappa shape index (κ2) is 16.7. The van der Waals surface area contributed by atoms with Crippen molar-refractivity contribution in [2.45, 2.75) is 55.6 Å². The highest BCUT2D eigenvalue weighted by molar-refractivity contribution is 7.98. The van der Waals surface area contributed by atoms with Gasteiger partial charge < -0.3 is 19.1 Å². The summed E-state index contributed by atoms with van der Waals surface area (Å²) in [7, 11) is -3.63. The number of nitrogens with zero attached hydrogens (tertiary/aromatic N) is 3. The summed E-state index contributed by atoms with van der Waals surface area (Å²) in [6.07, 6.45) is -13.9. The van der Waals surface area contributed by atoms with Gasteiger partial charge in [0.05, 0.1) is 39.1 Å². The predicted octanol–water partition coefficient (Wildman–Crippen LogP) is 8.71. The molecule has 278 valence electrons. The van der Waals surface area contributed by atoms with E-state index in [0.717, 1.165) is 55.5 Å². The van der Waals surface area contributed by atoms with Gasteiger partial charge in [-0.1, -0.05) is 54.6 Å². The van der Waals surface area contributed by atoms with Crippen molar-refractivity contribution in [3.8, 4) is 11.1 Å². The Morgan fingerprint density at radius 1 is 1.06 bits per heavy atom. The summed E-state index contributed by atoms with van der Waals surface area (Å²) in [4.78, 5) is 28.5. The molecule has 1 aromatic heterocycles. The molecule has 6 nitrogen and oxygen atoms in total. The third kappa shape index (κ3) is 9.17. The summed E-state index contributed by atoms with van der Waals surface area (Å²) < 4.78 is 268. The first-order chi connectivity index (χ1) is 33.8. The minimum Gasteiger partial charge on any atom is -0.383 e. The van der Waals surface area contributed by atoms with Crippen LogP contribution in [0.2, 0.25) is 0 Å². The van der Waals surface area contributed by atoms with Crippen LogP contribution in [0.1, 0.15) is 65.2 Å². The van der Waals surface area contributed by atoms with E-state index in [-0.39, 0.29) is 22.9 Å². The fourth-order valence-corrected chi connectivity index (χ4v) is 5.63. The number of aromatic nitrogens is 1. The van der Waals surface area contributed by atoms with Crippen molar-refractivity contribution in [2.24, 2.45) is 0 Å². The van der Waals surface area contributed by atoms with Gasteiger partial charge in [-0.3, -0.25) is 9.59 Å². The Labute approximate surface area is 340 Å². The van der Waals surface area contributed by atoms with E-state index in [1.807, 2.05) is 0 Å². The van der Waals surface area contributed by atoms with Gasteiger partial charge in [0.2, 0.25) is 5.91 Å². The highest BCUT2D eigenvalue weighted by Crippen LogP contribution is 2.32.